The molecule has 4 N–H and O–H groups in total. The third kappa shape index (κ3) is 4.61. The Morgan fingerprint density at radius 1 is 0.893 bits per heavy atom. The minimum atomic E-state index is -0.931. The number of carbonyl (C=O) groups is 1. The molecule has 0 aromatic heterocycles. The van der Waals surface area contributed by atoms with Crippen molar-refractivity contribution in [2.75, 3.05) is 22.3 Å². The maximum atomic E-state index is 10.3. The summed E-state index contributed by atoms with van der Waals surface area (Å²) >= 11 is 0. The second-order valence-corrected chi connectivity index (χ2v) is 6.33. The van der Waals surface area contributed by atoms with Gasteiger partial charge >= 0.3 is 5.97 Å². The summed E-state index contributed by atoms with van der Waals surface area (Å²) in [5.74, 6) is -0.931. The van der Waals surface area contributed by atoms with Gasteiger partial charge in [-0.25, -0.2) is 4.79 Å². The van der Waals surface area contributed by atoms with E-state index in [-0.39, 0.29) is 5.56 Å². The number of nitrogens with zero attached hydrogens (tertiary/aromatic N) is 2. The Balaban J connectivity index is 0.000000192. The van der Waals surface area contributed by atoms with Crippen LogP contribution in [-0.4, -0.2) is 17.6 Å². The van der Waals surface area contributed by atoms with Crippen molar-refractivity contribution in [2.24, 2.45) is 0 Å². The van der Waals surface area contributed by atoms with Crippen LogP contribution in [0.1, 0.15) is 22.8 Å². The molecule has 6 heteroatoms. The molecule has 3 aromatic rings. The van der Waals surface area contributed by atoms with Gasteiger partial charge in [-0.15, -0.1) is 5.53 Å². The summed E-state index contributed by atoms with van der Waals surface area (Å²) in [4.78, 5) is 10.3. The van der Waals surface area contributed by atoms with Gasteiger partial charge in [0, 0.05) is 12.2 Å². The lowest BCUT2D eigenvalue weighted by Crippen LogP contribution is -2.43. The van der Waals surface area contributed by atoms with E-state index in [0.29, 0.717) is 5.69 Å². The summed E-state index contributed by atoms with van der Waals surface area (Å²) < 4.78 is 0. The van der Waals surface area contributed by atoms with Crippen molar-refractivity contribution in [1.29, 1.82) is 0 Å². The fourth-order valence-corrected chi connectivity index (χ4v) is 2.93. The number of aromatic carboxylic acids is 1. The molecule has 0 aliphatic carbocycles. The second-order valence-electron chi connectivity index (χ2n) is 6.33. The minimum Gasteiger partial charge on any atom is -0.478 e. The molecule has 0 saturated carbocycles. The average molecular weight is 376 g/mol. The van der Waals surface area contributed by atoms with Crippen LogP contribution >= 0.6 is 0 Å². The van der Waals surface area contributed by atoms with E-state index >= 15 is 0 Å². The molecule has 144 valence electrons. The van der Waals surface area contributed by atoms with Crippen molar-refractivity contribution in [3.8, 4) is 0 Å². The number of nitrogen functional groups attached to an aromatic ring is 1. The topological polar surface area (TPSA) is 81.8 Å². The molecule has 0 saturated heterocycles. The first-order valence-electron chi connectivity index (χ1n) is 9.11. The standard InChI is InChI=1S/C15H17N3.C7H7NO2/c1-2-17-14-10-6-7-11-15(14)18(16-17)12-13-8-4-3-5-9-13;8-6-3-1-5(2-4-6)7(9)10/h3-11,16H,2,12H2,1H3;1-4H,8H2,(H,9,10). The first-order chi connectivity index (χ1) is 13.6. The average Bonchev–Trinajstić information content (AvgIpc) is 3.07. The van der Waals surface area contributed by atoms with E-state index in [0.717, 1.165) is 13.1 Å². The zero-order chi connectivity index (χ0) is 19.9. The van der Waals surface area contributed by atoms with Gasteiger partial charge in [0.2, 0.25) is 0 Å². The molecular formula is C22H24N4O2. The highest BCUT2D eigenvalue weighted by atomic mass is 16.4. The summed E-state index contributed by atoms with van der Waals surface area (Å²) in [6.07, 6.45) is 0. The second kappa shape index (κ2) is 8.92. The van der Waals surface area contributed by atoms with E-state index in [4.69, 9.17) is 10.8 Å². The number of rotatable bonds is 4. The van der Waals surface area contributed by atoms with Crippen LogP contribution in [0, 0.1) is 0 Å². The predicted octanol–water partition coefficient (Wildman–Crippen LogP) is 3.92. The molecule has 1 heterocycles. The molecule has 0 fully saturated rings. The molecule has 0 spiro atoms. The van der Waals surface area contributed by atoms with Crippen molar-refractivity contribution in [2.45, 2.75) is 13.5 Å². The summed E-state index contributed by atoms with van der Waals surface area (Å²) in [5, 5.41) is 12.8. The lowest BCUT2D eigenvalue weighted by atomic mass is 10.2. The maximum Gasteiger partial charge on any atom is 0.335 e. The number of nitrogens with one attached hydrogen (secondary N) is 1. The molecule has 0 radical (unpaired) electrons. The minimum absolute atomic E-state index is 0.259. The van der Waals surface area contributed by atoms with Crippen molar-refractivity contribution >= 4 is 23.0 Å². The normalized spacial score (nSPS) is 12.2. The highest BCUT2D eigenvalue weighted by Gasteiger charge is 2.23. The first-order valence-corrected chi connectivity index (χ1v) is 9.11. The van der Waals surface area contributed by atoms with E-state index in [1.165, 1.54) is 29.1 Å². The van der Waals surface area contributed by atoms with E-state index in [1.54, 1.807) is 12.1 Å². The molecule has 1 aliphatic heterocycles. The highest BCUT2D eigenvalue weighted by molar-refractivity contribution is 5.87. The number of carboxylic acid groups (broad SMARTS) is 1. The molecular weight excluding hydrogens is 352 g/mol. The number of fused-ring (bicyclic) bond motifs is 1. The van der Waals surface area contributed by atoms with Gasteiger partial charge in [-0.1, -0.05) is 42.5 Å². The fraction of sp³-hybridized carbons (Fsp3) is 0.136. The largest absolute Gasteiger partial charge is 0.478 e. The lowest BCUT2D eigenvalue weighted by Gasteiger charge is -2.21. The summed E-state index contributed by atoms with van der Waals surface area (Å²) in [6.45, 7) is 3.96. The SMILES string of the molecule is CCN1NN(Cc2ccccc2)c2ccccc21.Nc1ccc(C(=O)O)cc1. The Hall–Kier alpha value is -3.51. The van der Waals surface area contributed by atoms with Crippen LogP contribution < -0.4 is 21.3 Å². The Morgan fingerprint density at radius 3 is 2.04 bits per heavy atom. The van der Waals surface area contributed by atoms with Crippen molar-refractivity contribution in [3.05, 3.63) is 90.0 Å². The first kappa shape index (κ1) is 19.3. The molecule has 0 atom stereocenters. The van der Waals surface area contributed by atoms with E-state index in [1.807, 2.05) is 6.07 Å². The Bertz CT molecular complexity index is 913. The predicted molar refractivity (Wildman–Crippen MR) is 113 cm³/mol. The van der Waals surface area contributed by atoms with E-state index in [2.05, 4.69) is 71.0 Å². The van der Waals surface area contributed by atoms with Crippen LogP contribution in [0.4, 0.5) is 17.1 Å². The van der Waals surface area contributed by atoms with Crippen LogP contribution in [0.15, 0.2) is 78.9 Å². The monoisotopic (exact) mass is 376 g/mol. The van der Waals surface area contributed by atoms with Gasteiger partial charge in [0.25, 0.3) is 0 Å². The lowest BCUT2D eigenvalue weighted by molar-refractivity contribution is 0.0697. The Labute approximate surface area is 164 Å². The summed E-state index contributed by atoms with van der Waals surface area (Å²) in [5.41, 5.74) is 13.4. The molecule has 6 nitrogen and oxygen atoms in total. The van der Waals surface area contributed by atoms with Gasteiger partial charge in [-0.3, -0.25) is 10.0 Å². The number of hydrazine groups is 2. The van der Waals surface area contributed by atoms with Crippen LogP contribution in [0.25, 0.3) is 0 Å². The zero-order valence-corrected chi connectivity index (χ0v) is 15.7. The van der Waals surface area contributed by atoms with Crippen molar-refractivity contribution in [1.82, 2.24) is 5.53 Å². The molecule has 0 unspecified atom stereocenters. The molecule has 0 amide bonds. The van der Waals surface area contributed by atoms with Gasteiger partial charge in [-0.05, 0) is 48.9 Å². The number of hydrogen-bond acceptors (Lipinski definition) is 5. The number of para-hydroxylation sites is 2. The van der Waals surface area contributed by atoms with E-state index in [9.17, 15) is 4.79 Å². The number of nitrogens with two attached hydrogens (primary N) is 1. The quantitative estimate of drug-likeness (QED) is 0.599. The summed E-state index contributed by atoms with van der Waals surface area (Å²) in [7, 11) is 0. The Kier molecular flexibility index (Phi) is 6.14. The number of hydrogen-bond donors (Lipinski definition) is 3. The van der Waals surface area contributed by atoms with Crippen molar-refractivity contribution < 1.29 is 9.90 Å². The van der Waals surface area contributed by atoms with Gasteiger partial charge in [0.15, 0.2) is 0 Å². The summed E-state index contributed by atoms with van der Waals surface area (Å²) in [6, 6.07) is 25.0. The Morgan fingerprint density at radius 2 is 1.46 bits per heavy atom. The number of carboxylic acids is 1. The maximum absolute atomic E-state index is 10.3. The molecule has 3 aromatic carbocycles. The number of benzene rings is 3. The molecule has 4 rings (SSSR count). The van der Waals surface area contributed by atoms with Crippen LogP contribution in [0.3, 0.4) is 0 Å². The third-order valence-corrected chi connectivity index (χ3v) is 4.36. The zero-order valence-electron chi connectivity index (χ0n) is 15.7. The highest BCUT2D eigenvalue weighted by Crippen LogP contribution is 2.33. The van der Waals surface area contributed by atoms with Crippen LogP contribution in [-0.2, 0) is 6.54 Å². The van der Waals surface area contributed by atoms with E-state index < -0.39 is 5.97 Å². The van der Waals surface area contributed by atoms with Gasteiger partial charge in [0.05, 0.1) is 23.5 Å². The van der Waals surface area contributed by atoms with Gasteiger partial charge < -0.3 is 10.8 Å². The smallest absolute Gasteiger partial charge is 0.335 e. The molecule has 28 heavy (non-hydrogen) atoms. The fourth-order valence-electron chi connectivity index (χ4n) is 2.93. The van der Waals surface area contributed by atoms with Gasteiger partial charge in [-0.2, -0.15) is 0 Å². The third-order valence-electron chi connectivity index (χ3n) is 4.36. The molecule has 0 bridgehead atoms. The van der Waals surface area contributed by atoms with Crippen molar-refractivity contribution in [3.63, 3.8) is 0 Å². The van der Waals surface area contributed by atoms with Crippen LogP contribution in [0.5, 0.6) is 0 Å². The van der Waals surface area contributed by atoms with Crippen LogP contribution in [0.2, 0.25) is 0 Å². The van der Waals surface area contributed by atoms with Gasteiger partial charge in [0.1, 0.15) is 0 Å². The number of anilines is 3. The molecule has 1 aliphatic rings.